The Labute approximate surface area is 149 Å². The fourth-order valence-electron chi connectivity index (χ4n) is 2.13. The van der Waals surface area contributed by atoms with Crippen molar-refractivity contribution in [1.29, 1.82) is 0 Å². The normalized spacial score (nSPS) is 13.0. The number of hydrogen-bond acceptors (Lipinski definition) is 5. The summed E-state index contributed by atoms with van der Waals surface area (Å²) in [6.07, 6.45) is 3.59. The molecule has 0 unspecified atom stereocenters. The van der Waals surface area contributed by atoms with Crippen LogP contribution in [0, 0.1) is 0 Å². The van der Waals surface area contributed by atoms with Crippen molar-refractivity contribution < 1.29 is 14.3 Å². The number of carbonyl (C=O) groups is 2. The largest absolute Gasteiger partial charge is 0.465 e. The first-order chi connectivity index (χ1) is 12.0. The van der Waals surface area contributed by atoms with Gasteiger partial charge in [0.1, 0.15) is 5.82 Å². The van der Waals surface area contributed by atoms with Crippen LogP contribution in [-0.2, 0) is 4.74 Å². The third-order valence-corrected chi connectivity index (χ3v) is 3.91. The van der Waals surface area contributed by atoms with Crippen molar-refractivity contribution in [1.82, 2.24) is 10.3 Å². The van der Waals surface area contributed by atoms with Crippen LogP contribution >= 0.6 is 11.6 Å². The molecule has 3 rings (SSSR count). The van der Waals surface area contributed by atoms with Gasteiger partial charge in [-0.1, -0.05) is 11.6 Å². The minimum atomic E-state index is -0.450. The van der Waals surface area contributed by atoms with E-state index in [9.17, 15) is 9.59 Å². The van der Waals surface area contributed by atoms with E-state index in [0.29, 0.717) is 27.8 Å². The van der Waals surface area contributed by atoms with Crippen LogP contribution in [0.2, 0.25) is 5.02 Å². The zero-order valence-corrected chi connectivity index (χ0v) is 14.3. The van der Waals surface area contributed by atoms with Crippen LogP contribution in [0.3, 0.4) is 0 Å². The Morgan fingerprint density at radius 3 is 2.68 bits per heavy atom. The highest BCUT2D eigenvalue weighted by molar-refractivity contribution is 6.33. The molecule has 2 aromatic rings. The van der Waals surface area contributed by atoms with Gasteiger partial charge < -0.3 is 20.7 Å². The monoisotopic (exact) mass is 360 g/mol. The lowest BCUT2D eigenvalue weighted by Gasteiger charge is -2.10. The number of anilines is 3. The number of halogens is 1. The Hall–Kier alpha value is -2.80. The number of urea groups is 1. The molecule has 1 aromatic carbocycles. The number of rotatable bonds is 5. The summed E-state index contributed by atoms with van der Waals surface area (Å²) in [4.78, 5) is 27.5. The van der Waals surface area contributed by atoms with Gasteiger partial charge in [0.25, 0.3) is 0 Å². The number of nitrogens with zero attached hydrogens (tertiary/aromatic N) is 1. The molecule has 1 aliphatic carbocycles. The van der Waals surface area contributed by atoms with Gasteiger partial charge >= 0.3 is 12.0 Å². The zero-order valence-electron chi connectivity index (χ0n) is 13.5. The molecule has 1 fully saturated rings. The third-order valence-electron chi connectivity index (χ3n) is 3.58. The smallest absolute Gasteiger partial charge is 0.337 e. The summed E-state index contributed by atoms with van der Waals surface area (Å²) in [5, 5.41) is 9.03. The number of benzene rings is 1. The molecule has 1 aromatic heterocycles. The van der Waals surface area contributed by atoms with Gasteiger partial charge in [-0.2, -0.15) is 0 Å². The summed E-state index contributed by atoms with van der Waals surface area (Å²) < 4.78 is 4.69. The maximum absolute atomic E-state index is 11.7. The predicted molar refractivity (Wildman–Crippen MR) is 95.5 cm³/mol. The van der Waals surface area contributed by atoms with Crippen LogP contribution in [0.4, 0.5) is 22.0 Å². The van der Waals surface area contributed by atoms with Crippen molar-refractivity contribution in [2.75, 3.05) is 17.7 Å². The number of amides is 2. The number of methoxy groups -OCH3 is 1. The molecule has 1 aliphatic rings. The summed E-state index contributed by atoms with van der Waals surface area (Å²) >= 11 is 6.14. The van der Waals surface area contributed by atoms with E-state index in [2.05, 4.69) is 20.9 Å². The predicted octanol–water partition coefficient (Wildman–Crippen LogP) is 3.55. The lowest BCUT2D eigenvalue weighted by Crippen LogP contribution is -2.30. The van der Waals surface area contributed by atoms with Crippen molar-refractivity contribution in [3.63, 3.8) is 0 Å². The van der Waals surface area contributed by atoms with E-state index in [1.54, 1.807) is 30.3 Å². The number of pyridine rings is 1. The van der Waals surface area contributed by atoms with E-state index < -0.39 is 5.97 Å². The Kier molecular flexibility index (Phi) is 5.04. The average molecular weight is 361 g/mol. The lowest BCUT2D eigenvalue weighted by atomic mass is 10.2. The Balaban J connectivity index is 1.66. The fourth-order valence-corrected chi connectivity index (χ4v) is 2.29. The molecule has 7 nitrogen and oxygen atoms in total. The van der Waals surface area contributed by atoms with E-state index >= 15 is 0 Å². The molecule has 0 aliphatic heterocycles. The van der Waals surface area contributed by atoms with Crippen LogP contribution in [-0.4, -0.2) is 30.1 Å². The molecule has 3 N–H and O–H groups in total. The number of nitrogens with one attached hydrogen (secondary N) is 3. The topological polar surface area (TPSA) is 92.4 Å². The summed E-state index contributed by atoms with van der Waals surface area (Å²) in [6, 6.07) is 8.25. The first-order valence-corrected chi connectivity index (χ1v) is 8.11. The molecule has 25 heavy (non-hydrogen) atoms. The van der Waals surface area contributed by atoms with Gasteiger partial charge in [-0.15, -0.1) is 0 Å². The van der Waals surface area contributed by atoms with Crippen molar-refractivity contribution in [2.45, 2.75) is 18.9 Å². The summed E-state index contributed by atoms with van der Waals surface area (Å²) in [5.41, 5.74) is 1.49. The van der Waals surface area contributed by atoms with Crippen LogP contribution < -0.4 is 16.0 Å². The van der Waals surface area contributed by atoms with Gasteiger partial charge in [0.05, 0.1) is 35.3 Å². The van der Waals surface area contributed by atoms with Gasteiger partial charge in [0.15, 0.2) is 0 Å². The zero-order chi connectivity index (χ0) is 17.8. The van der Waals surface area contributed by atoms with Crippen molar-refractivity contribution in [3.8, 4) is 0 Å². The molecule has 0 saturated heterocycles. The van der Waals surface area contributed by atoms with E-state index in [1.807, 2.05) is 0 Å². The highest BCUT2D eigenvalue weighted by Gasteiger charge is 2.23. The summed E-state index contributed by atoms with van der Waals surface area (Å²) in [6.45, 7) is 0. The summed E-state index contributed by atoms with van der Waals surface area (Å²) in [5.74, 6) is 0.0750. The molecular formula is C17H17ClN4O3. The molecular weight excluding hydrogens is 344 g/mol. The molecule has 0 atom stereocenters. The van der Waals surface area contributed by atoms with E-state index in [4.69, 9.17) is 16.3 Å². The third kappa shape index (κ3) is 4.60. The van der Waals surface area contributed by atoms with Crippen LogP contribution in [0.15, 0.2) is 36.5 Å². The van der Waals surface area contributed by atoms with Gasteiger partial charge in [-0.3, -0.25) is 0 Å². The maximum Gasteiger partial charge on any atom is 0.337 e. The lowest BCUT2D eigenvalue weighted by molar-refractivity contribution is 0.0601. The van der Waals surface area contributed by atoms with Gasteiger partial charge in [0, 0.05) is 6.04 Å². The first-order valence-electron chi connectivity index (χ1n) is 7.73. The maximum atomic E-state index is 11.7. The van der Waals surface area contributed by atoms with Gasteiger partial charge in [-0.05, 0) is 43.2 Å². The van der Waals surface area contributed by atoms with E-state index in [0.717, 1.165) is 12.8 Å². The molecule has 0 radical (unpaired) electrons. The number of aromatic nitrogens is 1. The molecule has 8 heteroatoms. The number of ether oxygens (including phenoxy) is 1. The highest BCUT2D eigenvalue weighted by atomic mass is 35.5. The van der Waals surface area contributed by atoms with E-state index in [1.165, 1.54) is 13.3 Å². The molecule has 0 spiro atoms. The number of hydrogen-bond donors (Lipinski definition) is 3. The molecule has 130 valence electrons. The number of esters is 1. The Morgan fingerprint density at radius 1 is 1.24 bits per heavy atom. The van der Waals surface area contributed by atoms with Crippen molar-refractivity contribution in [3.05, 3.63) is 47.1 Å². The van der Waals surface area contributed by atoms with Gasteiger partial charge in [-0.25, -0.2) is 14.6 Å². The minimum Gasteiger partial charge on any atom is -0.465 e. The first kappa shape index (κ1) is 17.0. The van der Waals surface area contributed by atoms with Gasteiger partial charge in [0.2, 0.25) is 0 Å². The molecule has 0 bridgehead atoms. The second kappa shape index (κ2) is 7.40. The minimum absolute atomic E-state index is 0.237. The fraction of sp³-hybridized carbons (Fsp3) is 0.235. The van der Waals surface area contributed by atoms with E-state index in [-0.39, 0.29) is 12.1 Å². The van der Waals surface area contributed by atoms with Crippen molar-refractivity contribution in [2.24, 2.45) is 0 Å². The summed E-state index contributed by atoms with van der Waals surface area (Å²) in [7, 11) is 1.32. The second-order valence-electron chi connectivity index (χ2n) is 5.62. The molecule has 1 saturated carbocycles. The Morgan fingerprint density at radius 2 is 2.04 bits per heavy atom. The molecule has 2 amide bonds. The molecule has 1 heterocycles. The highest BCUT2D eigenvalue weighted by Crippen LogP contribution is 2.26. The standard InChI is InChI=1S/C17H17ClN4O3/c1-25-16(23)10-2-6-13(18)14(8-10)22-15-7-5-12(9-19-15)21-17(24)20-11-3-4-11/h2,5-9,11H,3-4H2,1H3,(H,19,22)(H2,20,21,24). The van der Waals surface area contributed by atoms with Crippen molar-refractivity contribution >= 4 is 40.8 Å². The quantitative estimate of drug-likeness (QED) is 0.709. The SMILES string of the molecule is COC(=O)c1ccc(Cl)c(Nc2ccc(NC(=O)NC3CC3)cn2)c1. The number of carbonyl (C=O) groups excluding carboxylic acids is 2. The van der Waals surface area contributed by atoms with Crippen LogP contribution in [0.25, 0.3) is 0 Å². The Bertz CT molecular complexity index is 791. The second-order valence-corrected chi connectivity index (χ2v) is 6.02. The van der Waals surface area contributed by atoms with Crippen LogP contribution in [0.1, 0.15) is 23.2 Å². The average Bonchev–Trinajstić information content (AvgIpc) is 3.41. The van der Waals surface area contributed by atoms with Crippen LogP contribution in [0.5, 0.6) is 0 Å².